The molecular formula is C17H17N3O3. The number of hydrogen-bond donors (Lipinski definition) is 2. The number of para-hydroxylation sites is 1. The summed E-state index contributed by atoms with van der Waals surface area (Å²) in [6.45, 7) is 1.73. The van der Waals surface area contributed by atoms with E-state index in [4.69, 9.17) is 10.5 Å². The van der Waals surface area contributed by atoms with Gasteiger partial charge in [0.1, 0.15) is 5.75 Å². The van der Waals surface area contributed by atoms with Crippen LogP contribution in [-0.4, -0.2) is 24.6 Å². The molecule has 0 fully saturated rings. The monoisotopic (exact) mass is 311 g/mol. The van der Waals surface area contributed by atoms with Crippen molar-refractivity contribution >= 4 is 18.0 Å². The van der Waals surface area contributed by atoms with Gasteiger partial charge in [-0.3, -0.25) is 9.59 Å². The molecule has 2 rings (SSSR count). The highest BCUT2D eigenvalue weighted by Crippen LogP contribution is 2.15. The molecule has 0 radical (unpaired) electrons. The molecule has 0 spiro atoms. The SMILES string of the molecule is Cc1ccc(C(=O)N/N=C/c2ccccc2OCC(N)=O)cc1. The van der Waals surface area contributed by atoms with Crippen LogP contribution in [0.4, 0.5) is 0 Å². The van der Waals surface area contributed by atoms with Crippen LogP contribution in [0.25, 0.3) is 0 Å². The number of hydrazone groups is 1. The lowest BCUT2D eigenvalue weighted by Gasteiger charge is -2.06. The molecule has 0 aromatic heterocycles. The van der Waals surface area contributed by atoms with Crippen molar-refractivity contribution in [1.29, 1.82) is 0 Å². The zero-order chi connectivity index (χ0) is 16.7. The molecule has 0 atom stereocenters. The van der Waals surface area contributed by atoms with Crippen LogP contribution in [0.15, 0.2) is 53.6 Å². The van der Waals surface area contributed by atoms with Gasteiger partial charge in [-0.15, -0.1) is 0 Å². The zero-order valence-electron chi connectivity index (χ0n) is 12.7. The summed E-state index contributed by atoms with van der Waals surface area (Å²) < 4.78 is 5.28. The van der Waals surface area contributed by atoms with Crippen molar-refractivity contribution in [2.75, 3.05) is 6.61 Å². The van der Waals surface area contributed by atoms with E-state index in [1.54, 1.807) is 36.4 Å². The Labute approximate surface area is 134 Å². The molecule has 0 unspecified atom stereocenters. The Hall–Kier alpha value is -3.15. The first kappa shape index (κ1) is 16.2. The number of primary amides is 1. The molecule has 6 heteroatoms. The average Bonchev–Trinajstić information content (AvgIpc) is 2.54. The van der Waals surface area contributed by atoms with E-state index >= 15 is 0 Å². The van der Waals surface area contributed by atoms with Gasteiger partial charge in [-0.1, -0.05) is 29.8 Å². The Morgan fingerprint density at radius 3 is 2.57 bits per heavy atom. The van der Waals surface area contributed by atoms with Gasteiger partial charge in [0.25, 0.3) is 11.8 Å². The van der Waals surface area contributed by atoms with E-state index in [9.17, 15) is 9.59 Å². The molecule has 2 aromatic rings. The summed E-state index contributed by atoms with van der Waals surface area (Å²) in [5.74, 6) is -0.416. The van der Waals surface area contributed by atoms with Crippen LogP contribution in [-0.2, 0) is 4.79 Å². The van der Waals surface area contributed by atoms with Crippen LogP contribution in [0.1, 0.15) is 21.5 Å². The number of ether oxygens (including phenoxy) is 1. The minimum absolute atomic E-state index is 0.222. The Kier molecular flexibility index (Phi) is 5.46. The largest absolute Gasteiger partial charge is 0.483 e. The molecule has 6 nitrogen and oxygen atoms in total. The van der Waals surface area contributed by atoms with Gasteiger partial charge >= 0.3 is 0 Å². The van der Waals surface area contributed by atoms with Gasteiger partial charge in [-0.05, 0) is 31.2 Å². The molecule has 23 heavy (non-hydrogen) atoms. The van der Waals surface area contributed by atoms with Gasteiger partial charge < -0.3 is 10.5 Å². The Morgan fingerprint density at radius 2 is 1.87 bits per heavy atom. The van der Waals surface area contributed by atoms with E-state index in [0.717, 1.165) is 5.56 Å². The predicted octanol–water partition coefficient (Wildman–Crippen LogP) is 1.62. The summed E-state index contributed by atoms with van der Waals surface area (Å²) in [7, 11) is 0. The van der Waals surface area contributed by atoms with Crippen LogP contribution >= 0.6 is 0 Å². The highest BCUT2D eigenvalue weighted by molar-refractivity contribution is 5.95. The van der Waals surface area contributed by atoms with Crippen molar-refractivity contribution in [2.45, 2.75) is 6.92 Å². The summed E-state index contributed by atoms with van der Waals surface area (Å²) in [6.07, 6.45) is 1.45. The van der Waals surface area contributed by atoms with Gasteiger partial charge in [0.05, 0.1) is 6.21 Å². The quantitative estimate of drug-likeness (QED) is 0.627. The molecule has 118 valence electrons. The van der Waals surface area contributed by atoms with Crippen molar-refractivity contribution in [3.05, 3.63) is 65.2 Å². The molecule has 0 saturated carbocycles. The number of carbonyl (C=O) groups excluding carboxylic acids is 2. The van der Waals surface area contributed by atoms with Crippen molar-refractivity contribution in [2.24, 2.45) is 10.8 Å². The van der Waals surface area contributed by atoms with Crippen LogP contribution in [0.5, 0.6) is 5.75 Å². The third-order valence-electron chi connectivity index (χ3n) is 2.97. The smallest absolute Gasteiger partial charge is 0.271 e. The number of nitrogens with one attached hydrogen (secondary N) is 1. The fourth-order valence-corrected chi connectivity index (χ4v) is 1.80. The second-order valence-corrected chi connectivity index (χ2v) is 4.86. The lowest BCUT2D eigenvalue weighted by molar-refractivity contribution is -0.119. The second-order valence-electron chi connectivity index (χ2n) is 4.86. The van der Waals surface area contributed by atoms with Crippen molar-refractivity contribution in [3.63, 3.8) is 0 Å². The number of carbonyl (C=O) groups is 2. The average molecular weight is 311 g/mol. The molecule has 0 aliphatic heterocycles. The first-order chi connectivity index (χ1) is 11.1. The molecular weight excluding hydrogens is 294 g/mol. The summed E-state index contributed by atoms with van der Waals surface area (Å²) in [5, 5.41) is 3.91. The molecule has 3 N–H and O–H groups in total. The minimum Gasteiger partial charge on any atom is -0.483 e. The topological polar surface area (TPSA) is 93.8 Å². The number of nitrogens with zero attached hydrogens (tertiary/aromatic N) is 1. The first-order valence-corrected chi connectivity index (χ1v) is 6.96. The second kappa shape index (κ2) is 7.74. The maximum absolute atomic E-state index is 11.9. The van der Waals surface area contributed by atoms with E-state index in [1.165, 1.54) is 6.21 Å². The number of amides is 2. The summed E-state index contributed by atoms with van der Waals surface area (Å²) >= 11 is 0. The number of hydrogen-bond acceptors (Lipinski definition) is 4. The normalized spacial score (nSPS) is 10.5. The Balaban J connectivity index is 2.01. The van der Waals surface area contributed by atoms with Crippen LogP contribution in [0.3, 0.4) is 0 Å². The van der Waals surface area contributed by atoms with Crippen molar-refractivity contribution in [1.82, 2.24) is 5.43 Å². The number of rotatable bonds is 6. The zero-order valence-corrected chi connectivity index (χ0v) is 12.7. The van der Waals surface area contributed by atoms with Gasteiger partial charge in [0.2, 0.25) is 0 Å². The molecule has 0 heterocycles. The van der Waals surface area contributed by atoms with Gasteiger partial charge in [0, 0.05) is 11.1 Å². The highest BCUT2D eigenvalue weighted by atomic mass is 16.5. The van der Waals surface area contributed by atoms with Gasteiger partial charge in [0.15, 0.2) is 6.61 Å². The number of nitrogens with two attached hydrogens (primary N) is 1. The van der Waals surface area contributed by atoms with Crippen LogP contribution < -0.4 is 15.9 Å². The third-order valence-corrected chi connectivity index (χ3v) is 2.97. The maximum atomic E-state index is 11.9. The van der Waals surface area contributed by atoms with Crippen molar-refractivity contribution in [3.8, 4) is 5.75 Å². The summed E-state index contributed by atoms with van der Waals surface area (Å²) in [4.78, 5) is 22.7. The summed E-state index contributed by atoms with van der Waals surface area (Å²) in [6, 6.07) is 14.1. The molecule has 0 saturated heterocycles. The fraction of sp³-hybridized carbons (Fsp3) is 0.118. The number of benzene rings is 2. The first-order valence-electron chi connectivity index (χ1n) is 6.96. The number of aryl methyl sites for hydroxylation is 1. The molecule has 2 amide bonds. The fourth-order valence-electron chi connectivity index (χ4n) is 1.80. The Morgan fingerprint density at radius 1 is 1.17 bits per heavy atom. The van der Waals surface area contributed by atoms with Crippen LogP contribution in [0.2, 0.25) is 0 Å². The van der Waals surface area contributed by atoms with E-state index in [1.807, 2.05) is 19.1 Å². The molecule has 2 aromatic carbocycles. The lowest BCUT2D eigenvalue weighted by Crippen LogP contribution is -2.20. The van der Waals surface area contributed by atoms with Gasteiger partial charge in [-0.25, -0.2) is 5.43 Å². The summed E-state index contributed by atoms with van der Waals surface area (Å²) in [5.41, 5.74) is 9.71. The highest BCUT2D eigenvalue weighted by Gasteiger charge is 2.04. The molecule has 0 bridgehead atoms. The minimum atomic E-state index is -0.565. The third kappa shape index (κ3) is 4.96. The lowest BCUT2D eigenvalue weighted by atomic mass is 10.1. The predicted molar refractivity (Wildman–Crippen MR) is 87.4 cm³/mol. The molecule has 0 aliphatic carbocycles. The van der Waals surface area contributed by atoms with Crippen molar-refractivity contribution < 1.29 is 14.3 Å². The standard InChI is InChI=1S/C17H17N3O3/c1-12-6-8-13(9-7-12)17(22)20-19-10-14-4-2-3-5-15(14)23-11-16(18)21/h2-10H,11H2,1H3,(H2,18,21)(H,20,22)/b19-10+. The van der Waals surface area contributed by atoms with Crippen LogP contribution in [0, 0.1) is 6.92 Å². The maximum Gasteiger partial charge on any atom is 0.271 e. The van der Waals surface area contributed by atoms with E-state index in [-0.39, 0.29) is 12.5 Å². The van der Waals surface area contributed by atoms with E-state index in [0.29, 0.717) is 16.9 Å². The van der Waals surface area contributed by atoms with E-state index < -0.39 is 5.91 Å². The molecule has 0 aliphatic rings. The van der Waals surface area contributed by atoms with Gasteiger partial charge in [-0.2, -0.15) is 5.10 Å². The van der Waals surface area contributed by atoms with E-state index in [2.05, 4.69) is 10.5 Å². The Bertz CT molecular complexity index is 724.